The molecule has 2 rings (SSSR count). The van der Waals surface area contributed by atoms with Crippen LogP contribution in [0.4, 0.5) is 8.78 Å². The third-order valence-corrected chi connectivity index (χ3v) is 5.48. The fourth-order valence-corrected chi connectivity index (χ4v) is 3.99. The fraction of sp³-hybridized carbons (Fsp3) is 0.889. The van der Waals surface area contributed by atoms with E-state index in [9.17, 15) is 18.4 Å². The van der Waals surface area contributed by atoms with Crippen LogP contribution >= 0.6 is 0 Å². The minimum absolute atomic E-state index is 0.0282. The summed E-state index contributed by atoms with van der Waals surface area (Å²) in [5.74, 6) is -3.49. The molecule has 0 aliphatic heterocycles. The molecule has 0 aromatic heterocycles. The van der Waals surface area contributed by atoms with E-state index in [1.54, 1.807) is 0 Å². The summed E-state index contributed by atoms with van der Waals surface area (Å²) in [5, 5.41) is 11.9. The molecule has 24 heavy (non-hydrogen) atoms. The van der Waals surface area contributed by atoms with E-state index in [4.69, 9.17) is 5.11 Å². The Balaban J connectivity index is 1.85. The number of alkyl halides is 2. The Labute approximate surface area is 142 Å². The molecule has 0 aromatic carbocycles. The van der Waals surface area contributed by atoms with Crippen LogP contribution in [0.2, 0.25) is 0 Å². The smallest absolute Gasteiger partial charge is 0.303 e. The van der Waals surface area contributed by atoms with Crippen LogP contribution in [0.15, 0.2) is 0 Å². The normalized spacial score (nSPS) is 23.6. The summed E-state index contributed by atoms with van der Waals surface area (Å²) in [6.45, 7) is 0. The Kier molecular flexibility index (Phi) is 6.99. The summed E-state index contributed by atoms with van der Waals surface area (Å²) in [5.41, 5.74) is 0. The topological polar surface area (TPSA) is 66.4 Å². The SMILES string of the molecule is O=C(O)CCC(CC1CCCCC1)NC(=O)C1CCC(F)(F)CC1. The molecule has 1 unspecified atom stereocenters. The number of rotatable bonds is 7. The van der Waals surface area contributed by atoms with Crippen molar-refractivity contribution >= 4 is 11.9 Å². The van der Waals surface area contributed by atoms with Gasteiger partial charge in [0.1, 0.15) is 0 Å². The zero-order chi connectivity index (χ0) is 17.6. The molecule has 0 spiro atoms. The van der Waals surface area contributed by atoms with E-state index in [2.05, 4.69) is 5.32 Å². The standard InChI is InChI=1S/C18H29F2NO3/c19-18(20)10-8-14(9-11-18)17(24)21-15(6-7-16(22)23)12-13-4-2-1-3-5-13/h13-15H,1-12H2,(H,21,24)(H,22,23). The first-order valence-electron chi connectivity index (χ1n) is 9.26. The Morgan fingerprint density at radius 1 is 1.08 bits per heavy atom. The first-order valence-corrected chi connectivity index (χ1v) is 9.26. The van der Waals surface area contributed by atoms with Crippen molar-refractivity contribution in [2.75, 3.05) is 0 Å². The number of hydrogen-bond acceptors (Lipinski definition) is 2. The molecule has 0 saturated heterocycles. The first-order chi connectivity index (χ1) is 11.4. The van der Waals surface area contributed by atoms with E-state index in [1.807, 2.05) is 0 Å². The van der Waals surface area contributed by atoms with Gasteiger partial charge in [0.25, 0.3) is 0 Å². The van der Waals surface area contributed by atoms with Crippen molar-refractivity contribution in [1.82, 2.24) is 5.32 Å². The third kappa shape index (κ3) is 6.36. The number of carboxylic acids is 1. The van der Waals surface area contributed by atoms with Gasteiger partial charge in [-0.1, -0.05) is 32.1 Å². The number of halogens is 2. The molecule has 1 atom stereocenters. The van der Waals surface area contributed by atoms with Crippen molar-refractivity contribution in [1.29, 1.82) is 0 Å². The quantitative estimate of drug-likeness (QED) is 0.729. The Morgan fingerprint density at radius 2 is 1.71 bits per heavy atom. The molecular weight excluding hydrogens is 316 g/mol. The second kappa shape index (κ2) is 8.77. The number of hydrogen-bond donors (Lipinski definition) is 2. The van der Waals surface area contributed by atoms with Gasteiger partial charge in [-0.05, 0) is 31.6 Å². The van der Waals surface area contributed by atoms with Gasteiger partial charge >= 0.3 is 5.97 Å². The molecular formula is C18H29F2NO3. The van der Waals surface area contributed by atoms with Gasteiger partial charge in [-0.25, -0.2) is 8.78 Å². The van der Waals surface area contributed by atoms with Gasteiger partial charge in [0, 0.05) is 31.2 Å². The number of amides is 1. The fourth-order valence-electron chi connectivity index (χ4n) is 3.99. The minimum atomic E-state index is -2.64. The Hall–Kier alpha value is -1.20. The third-order valence-electron chi connectivity index (χ3n) is 5.48. The van der Waals surface area contributed by atoms with E-state index in [-0.39, 0.29) is 50.0 Å². The van der Waals surface area contributed by atoms with Gasteiger partial charge in [0.15, 0.2) is 0 Å². The lowest BCUT2D eigenvalue weighted by atomic mass is 9.83. The number of nitrogens with one attached hydrogen (secondary N) is 1. The molecule has 2 N–H and O–H groups in total. The van der Waals surface area contributed by atoms with Gasteiger partial charge in [0.2, 0.25) is 11.8 Å². The molecule has 1 amide bonds. The number of carboxylic acid groups (broad SMARTS) is 1. The molecule has 2 fully saturated rings. The van der Waals surface area contributed by atoms with Crippen LogP contribution < -0.4 is 5.32 Å². The number of aliphatic carboxylic acids is 1. The van der Waals surface area contributed by atoms with Crippen molar-refractivity contribution < 1.29 is 23.5 Å². The zero-order valence-corrected chi connectivity index (χ0v) is 14.2. The highest BCUT2D eigenvalue weighted by atomic mass is 19.3. The van der Waals surface area contributed by atoms with Gasteiger partial charge in [-0.15, -0.1) is 0 Å². The van der Waals surface area contributed by atoms with Crippen LogP contribution in [0.1, 0.15) is 77.0 Å². The maximum atomic E-state index is 13.2. The summed E-state index contributed by atoms with van der Waals surface area (Å²) >= 11 is 0. The van der Waals surface area contributed by atoms with Crippen LogP contribution in [0.5, 0.6) is 0 Å². The molecule has 0 radical (unpaired) electrons. The van der Waals surface area contributed by atoms with E-state index >= 15 is 0 Å². The molecule has 2 aliphatic rings. The van der Waals surface area contributed by atoms with Crippen molar-refractivity contribution in [3.05, 3.63) is 0 Å². The predicted octanol–water partition coefficient (Wildman–Crippen LogP) is 4.13. The molecule has 0 aromatic rings. The van der Waals surface area contributed by atoms with Crippen molar-refractivity contribution in [3.63, 3.8) is 0 Å². The lowest BCUT2D eigenvalue weighted by Crippen LogP contribution is -2.42. The molecule has 2 aliphatic carbocycles. The molecule has 0 heterocycles. The lowest BCUT2D eigenvalue weighted by Gasteiger charge is -2.31. The molecule has 2 saturated carbocycles. The number of carbonyl (C=O) groups is 2. The summed E-state index contributed by atoms with van der Waals surface area (Å²) in [7, 11) is 0. The highest BCUT2D eigenvalue weighted by Gasteiger charge is 2.37. The maximum absolute atomic E-state index is 13.2. The average molecular weight is 345 g/mol. The minimum Gasteiger partial charge on any atom is -0.481 e. The van der Waals surface area contributed by atoms with Gasteiger partial charge in [-0.3, -0.25) is 9.59 Å². The van der Waals surface area contributed by atoms with E-state index < -0.39 is 11.9 Å². The summed E-state index contributed by atoms with van der Waals surface area (Å²) < 4.78 is 26.5. The molecule has 138 valence electrons. The summed E-state index contributed by atoms with van der Waals surface area (Å²) in [4.78, 5) is 23.3. The van der Waals surface area contributed by atoms with Crippen LogP contribution in [-0.4, -0.2) is 28.9 Å². The predicted molar refractivity (Wildman–Crippen MR) is 86.9 cm³/mol. The van der Waals surface area contributed by atoms with Crippen LogP contribution in [0, 0.1) is 11.8 Å². The van der Waals surface area contributed by atoms with Crippen LogP contribution in [0.3, 0.4) is 0 Å². The number of carbonyl (C=O) groups excluding carboxylic acids is 1. The second-order valence-electron chi connectivity index (χ2n) is 7.51. The largest absolute Gasteiger partial charge is 0.481 e. The van der Waals surface area contributed by atoms with E-state index in [0.29, 0.717) is 12.3 Å². The van der Waals surface area contributed by atoms with Gasteiger partial charge < -0.3 is 10.4 Å². The zero-order valence-electron chi connectivity index (χ0n) is 14.2. The maximum Gasteiger partial charge on any atom is 0.303 e. The van der Waals surface area contributed by atoms with Crippen LogP contribution in [0.25, 0.3) is 0 Å². The van der Waals surface area contributed by atoms with Gasteiger partial charge in [0.05, 0.1) is 0 Å². The Bertz CT molecular complexity index is 426. The molecule has 0 bridgehead atoms. The highest BCUT2D eigenvalue weighted by molar-refractivity contribution is 5.79. The van der Waals surface area contributed by atoms with Gasteiger partial charge in [-0.2, -0.15) is 0 Å². The lowest BCUT2D eigenvalue weighted by molar-refractivity contribution is -0.138. The van der Waals surface area contributed by atoms with E-state index in [0.717, 1.165) is 19.3 Å². The molecule has 4 nitrogen and oxygen atoms in total. The highest BCUT2D eigenvalue weighted by Crippen LogP contribution is 2.36. The monoisotopic (exact) mass is 345 g/mol. The van der Waals surface area contributed by atoms with Crippen molar-refractivity contribution in [2.45, 2.75) is 89.0 Å². The Morgan fingerprint density at radius 3 is 2.29 bits per heavy atom. The average Bonchev–Trinajstić information content (AvgIpc) is 2.53. The van der Waals surface area contributed by atoms with Crippen molar-refractivity contribution in [3.8, 4) is 0 Å². The second-order valence-corrected chi connectivity index (χ2v) is 7.51. The van der Waals surface area contributed by atoms with Crippen molar-refractivity contribution in [2.24, 2.45) is 11.8 Å². The first kappa shape index (κ1) is 19.1. The molecule has 6 heteroatoms. The van der Waals surface area contributed by atoms with E-state index in [1.165, 1.54) is 19.3 Å². The summed E-state index contributed by atoms with van der Waals surface area (Å²) in [6.07, 6.45) is 7.14. The summed E-state index contributed by atoms with van der Waals surface area (Å²) in [6, 6.07) is -0.154. The van der Waals surface area contributed by atoms with Crippen LogP contribution in [-0.2, 0) is 9.59 Å².